The Hall–Kier alpha value is -1.49. The zero-order valence-corrected chi connectivity index (χ0v) is 13.6. The van der Waals surface area contributed by atoms with Crippen LogP contribution >= 0.6 is 0 Å². The van der Waals surface area contributed by atoms with Crippen molar-refractivity contribution >= 4 is 10.9 Å². The molecule has 0 amide bonds. The number of aromatic nitrogens is 1. The van der Waals surface area contributed by atoms with Crippen LogP contribution in [0.15, 0.2) is 36.5 Å². The second kappa shape index (κ2) is 6.95. The minimum Gasteiger partial charge on any atom is -0.381 e. The van der Waals surface area contributed by atoms with Gasteiger partial charge in [-0.25, -0.2) is 0 Å². The van der Waals surface area contributed by atoms with Crippen molar-refractivity contribution in [1.82, 2.24) is 15.2 Å². The smallest absolute Gasteiger partial charge is 0.0705 e. The van der Waals surface area contributed by atoms with Crippen molar-refractivity contribution in [2.24, 2.45) is 5.92 Å². The molecule has 3 heterocycles. The predicted octanol–water partition coefficient (Wildman–Crippen LogP) is 2.61. The first-order valence-electron chi connectivity index (χ1n) is 8.79. The standard InChI is InChI=1S/C19H25N3O/c1-2-4-18-16(3-1)17(5-8-21-18)19(15-6-13-23-14-7-15)22-11-9-20-10-12-22/h1-5,8,15,19-20H,6-7,9-14H2/t19-/m1/s1. The second-order valence-electron chi connectivity index (χ2n) is 6.60. The van der Waals surface area contributed by atoms with Crippen LogP contribution in [-0.2, 0) is 4.74 Å². The van der Waals surface area contributed by atoms with Crippen LogP contribution in [0.2, 0.25) is 0 Å². The maximum Gasteiger partial charge on any atom is 0.0705 e. The zero-order valence-electron chi connectivity index (χ0n) is 13.6. The van der Waals surface area contributed by atoms with Gasteiger partial charge >= 0.3 is 0 Å². The van der Waals surface area contributed by atoms with E-state index in [0.717, 1.165) is 57.8 Å². The summed E-state index contributed by atoms with van der Waals surface area (Å²) in [6, 6.07) is 11.3. The van der Waals surface area contributed by atoms with Gasteiger partial charge in [0.2, 0.25) is 0 Å². The molecule has 1 aromatic heterocycles. The number of piperazine rings is 1. The van der Waals surface area contributed by atoms with Crippen LogP contribution in [0.5, 0.6) is 0 Å². The van der Waals surface area contributed by atoms with Gasteiger partial charge in [0.05, 0.1) is 5.52 Å². The van der Waals surface area contributed by atoms with Gasteiger partial charge in [-0.3, -0.25) is 9.88 Å². The first-order valence-corrected chi connectivity index (χ1v) is 8.79. The normalized spacial score (nSPS) is 22.3. The molecular formula is C19H25N3O. The molecule has 1 N–H and O–H groups in total. The highest BCUT2D eigenvalue weighted by Gasteiger charge is 2.32. The van der Waals surface area contributed by atoms with Crippen LogP contribution in [0.4, 0.5) is 0 Å². The van der Waals surface area contributed by atoms with Crippen LogP contribution in [0.1, 0.15) is 24.4 Å². The first kappa shape index (κ1) is 15.1. The third kappa shape index (κ3) is 3.11. The fourth-order valence-electron chi connectivity index (χ4n) is 4.12. The third-order valence-corrected chi connectivity index (χ3v) is 5.26. The van der Waals surface area contributed by atoms with Crippen LogP contribution < -0.4 is 5.32 Å². The Morgan fingerprint density at radius 1 is 1.09 bits per heavy atom. The molecule has 2 aliphatic heterocycles. The van der Waals surface area contributed by atoms with Gasteiger partial charge in [-0.2, -0.15) is 0 Å². The summed E-state index contributed by atoms with van der Waals surface area (Å²) in [6.07, 6.45) is 4.29. The Bertz CT molecular complexity index is 625. The second-order valence-corrected chi connectivity index (χ2v) is 6.60. The number of nitrogens with one attached hydrogen (secondary N) is 1. The highest BCUT2D eigenvalue weighted by molar-refractivity contribution is 5.82. The molecule has 23 heavy (non-hydrogen) atoms. The molecule has 4 rings (SSSR count). The lowest BCUT2D eigenvalue weighted by Gasteiger charge is -2.41. The third-order valence-electron chi connectivity index (χ3n) is 5.26. The van der Waals surface area contributed by atoms with Crippen LogP contribution in [-0.4, -0.2) is 49.3 Å². The quantitative estimate of drug-likeness (QED) is 0.945. The highest BCUT2D eigenvalue weighted by Crippen LogP contribution is 2.37. The summed E-state index contributed by atoms with van der Waals surface area (Å²) >= 11 is 0. The van der Waals surface area contributed by atoms with Gasteiger partial charge in [0.15, 0.2) is 0 Å². The van der Waals surface area contributed by atoms with Crippen molar-refractivity contribution in [2.75, 3.05) is 39.4 Å². The Morgan fingerprint density at radius 2 is 1.87 bits per heavy atom. The molecule has 0 bridgehead atoms. The first-order chi connectivity index (χ1) is 11.4. The molecule has 0 spiro atoms. The Balaban J connectivity index is 1.76. The maximum atomic E-state index is 5.62. The van der Waals surface area contributed by atoms with E-state index in [2.05, 4.69) is 45.5 Å². The number of para-hydroxylation sites is 1. The molecule has 1 atom stereocenters. The number of benzene rings is 1. The molecule has 1 aromatic carbocycles. The summed E-state index contributed by atoms with van der Waals surface area (Å²) in [6.45, 7) is 6.22. The largest absolute Gasteiger partial charge is 0.381 e. The molecule has 0 saturated carbocycles. The van der Waals surface area contributed by atoms with E-state index in [-0.39, 0.29) is 0 Å². The van der Waals surface area contributed by atoms with E-state index in [0.29, 0.717) is 12.0 Å². The van der Waals surface area contributed by atoms with Crippen molar-refractivity contribution < 1.29 is 4.74 Å². The van der Waals surface area contributed by atoms with Gasteiger partial charge in [0.1, 0.15) is 0 Å². The number of ether oxygens (including phenoxy) is 1. The molecule has 0 unspecified atom stereocenters. The molecular weight excluding hydrogens is 286 g/mol. The van der Waals surface area contributed by atoms with Crippen molar-refractivity contribution in [1.29, 1.82) is 0 Å². The summed E-state index contributed by atoms with van der Waals surface area (Å²) in [5.74, 6) is 0.674. The van der Waals surface area contributed by atoms with Crippen LogP contribution in [0.25, 0.3) is 10.9 Å². The van der Waals surface area contributed by atoms with E-state index in [1.54, 1.807) is 0 Å². The van der Waals surface area contributed by atoms with Crippen molar-refractivity contribution in [2.45, 2.75) is 18.9 Å². The van der Waals surface area contributed by atoms with Gasteiger partial charge < -0.3 is 10.1 Å². The van der Waals surface area contributed by atoms with Gasteiger partial charge in [0.25, 0.3) is 0 Å². The molecule has 4 heteroatoms. The van der Waals surface area contributed by atoms with Crippen LogP contribution in [0, 0.1) is 5.92 Å². The van der Waals surface area contributed by atoms with Crippen LogP contribution in [0.3, 0.4) is 0 Å². The SMILES string of the molecule is c1ccc2c([C@@H](C3CCOCC3)N3CCNCC3)ccnc2c1. The minimum absolute atomic E-state index is 0.480. The average Bonchev–Trinajstić information content (AvgIpc) is 2.64. The topological polar surface area (TPSA) is 37.4 Å². The fourth-order valence-corrected chi connectivity index (χ4v) is 4.12. The average molecular weight is 311 g/mol. The monoisotopic (exact) mass is 311 g/mol. The lowest BCUT2D eigenvalue weighted by atomic mass is 9.84. The maximum absolute atomic E-state index is 5.62. The Kier molecular flexibility index (Phi) is 4.55. The molecule has 122 valence electrons. The minimum atomic E-state index is 0.480. The van der Waals surface area contributed by atoms with Gasteiger partial charge in [-0.1, -0.05) is 18.2 Å². The number of hydrogen-bond acceptors (Lipinski definition) is 4. The van der Waals surface area contributed by atoms with E-state index < -0.39 is 0 Å². The van der Waals surface area contributed by atoms with E-state index in [1.165, 1.54) is 10.9 Å². The predicted molar refractivity (Wildman–Crippen MR) is 92.5 cm³/mol. The molecule has 0 radical (unpaired) electrons. The number of nitrogens with zero attached hydrogens (tertiary/aromatic N) is 2. The number of fused-ring (bicyclic) bond motifs is 1. The van der Waals surface area contributed by atoms with Crippen molar-refractivity contribution in [3.8, 4) is 0 Å². The zero-order chi connectivity index (χ0) is 15.5. The van der Waals surface area contributed by atoms with E-state index in [9.17, 15) is 0 Å². The number of pyridine rings is 1. The Morgan fingerprint density at radius 3 is 2.70 bits per heavy atom. The van der Waals surface area contributed by atoms with E-state index in [4.69, 9.17) is 4.74 Å². The van der Waals surface area contributed by atoms with Crippen molar-refractivity contribution in [3.63, 3.8) is 0 Å². The summed E-state index contributed by atoms with van der Waals surface area (Å²) in [7, 11) is 0. The highest BCUT2D eigenvalue weighted by atomic mass is 16.5. The van der Waals surface area contributed by atoms with E-state index in [1.807, 2.05) is 6.20 Å². The van der Waals surface area contributed by atoms with E-state index >= 15 is 0 Å². The van der Waals surface area contributed by atoms with Gasteiger partial charge in [-0.05, 0) is 36.5 Å². The molecule has 2 saturated heterocycles. The molecule has 2 fully saturated rings. The lowest BCUT2D eigenvalue weighted by molar-refractivity contribution is 0.0217. The number of rotatable bonds is 3. The summed E-state index contributed by atoms with van der Waals surface area (Å²) in [5.41, 5.74) is 2.56. The molecule has 2 aliphatic rings. The van der Waals surface area contributed by atoms with Gasteiger partial charge in [-0.15, -0.1) is 0 Å². The fraction of sp³-hybridized carbons (Fsp3) is 0.526. The molecule has 4 nitrogen and oxygen atoms in total. The van der Waals surface area contributed by atoms with Gasteiger partial charge in [0, 0.05) is 57.0 Å². The Labute approximate surface area is 137 Å². The summed E-state index contributed by atoms with van der Waals surface area (Å²) in [5, 5.41) is 4.79. The summed E-state index contributed by atoms with van der Waals surface area (Å²) in [4.78, 5) is 7.23. The molecule has 2 aromatic rings. The summed E-state index contributed by atoms with van der Waals surface area (Å²) < 4.78 is 5.62. The molecule has 0 aliphatic carbocycles. The van der Waals surface area contributed by atoms with Crippen molar-refractivity contribution in [3.05, 3.63) is 42.1 Å². The number of hydrogen-bond donors (Lipinski definition) is 1. The lowest BCUT2D eigenvalue weighted by Crippen LogP contribution is -2.47.